The summed E-state index contributed by atoms with van der Waals surface area (Å²) in [4.78, 5) is 2.00. The van der Waals surface area contributed by atoms with E-state index in [1.165, 1.54) is 6.07 Å². The summed E-state index contributed by atoms with van der Waals surface area (Å²) in [5.74, 6) is -0.145. The van der Waals surface area contributed by atoms with Gasteiger partial charge in [0.1, 0.15) is 5.82 Å². The van der Waals surface area contributed by atoms with E-state index in [4.69, 9.17) is 5.26 Å². The van der Waals surface area contributed by atoms with Crippen LogP contribution in [0.3, 0.4) is 0 Å². The van der Waals surface area contributed by atoms with Gasteiger partial charge >= 0.3 is 0 Å². The van der Waals surface area contributed by atoms with Crippen LogP contribution in [-0.4, -0.2) is 28.7 Å². The first kappa shape index (κ1) is 13.0. The van der Waals surface area contributed by atoms with Crippen LogP contribution < -0.4 is 0 Å². The number of nitrogens with zero attached hydrogens (tertiary/aromatic N) is 2. The van der Waals surface area contributed by atoms with Crippen molar-refractivity contribution in [3.8, 4) is 6.07 Å². The fourth-order valence-electron chi connectivity index (χ4n) is 2.19. The quantitative estimate of drug-likeness (QED) is 0.888. The van der Waals surface area contributed by atoms with E-state index in [0.717, 1.165) is 0 Å². The molecule has 0 aliphatic carbocycles. The van der Waals surface area contributed by atoms with Crippen LogP contribution in [0.2, 0.25) is 0 Å². The molecule has 2 rings (SSSR count). The topological polar surface area (TPSA) is 47.3 Å². The Morgan fingerprint density at radius 3 is 2.67 bits per heavy atom. The lowest BCUT2D eigenvalue weighted by atomic mass is 9.83. The summed E-state index contributed by atoms with van der Waals surface area (Å²) in [5.41, 5.74) is 0.265. The zero-order chi connectivity index (χ0) is 13.3. The summed E-state index contributed by atoms with van der Waals surface area (Å²) in [6, 6.07) is 6.42. The lowest BCUT2D eigenvalue weighted by Gasteiger charge is -2.49. The number of halogens is 1. The summed E-state index contributed by atoms with van der Waals surface area (Å²) in [5, 5.41) is 18.8. The second-order valence-electron chi connectivity index (χ2n) is 5.32. The van der Waals surface area contributed by atoms with Crippen LogP contribution in [0.1, 0.15) is 25.0 Å². The Bertz CT molecular complexity index is 487. The number of hydrogen-bond donors (Lipinski definition) is 1. The number of aliphatic hydroxyl groups is 1. The number of rotatable bonds is 3. The Kier molecular flexibility index (Phi) is 3.38. The van der Waals surface area contributed by atoms with Gasteiger partial charge in [-0.1, -0.05) is 19.9 Å². The average Bonchev–Trinajstić information content (AvgIpc) is 2.28. The van der Waals surface area contributed by atoms with Gasteiger partial charge in [0.2, 0.25) is 0 Å². The van der Waals surface area contributed by atoms with Gasteiger partial charge in [-0.2, -0.15) is 5.26 Å². The van der Waals surface area contributed by atoms with Gasteiger partial charge in [-0.3, -0.25) is 4.90 Å². The van der Waals surface area contributed by atoms with E-state index < -0.39 is 5.60 Å². The highest BCUT2D eigenvalue weighted by atomic mass is 19.1. The predicted octanol–water partition coefficient (Wildman–Crippen LogP) is 1.90. The highest BCUT2D eigenvalue weighted by molar-refractivity contribution is 5.33. The number of likely N-dealkylation sites (tertiary alicyclic amines) is 1. The molecule has 0 saturated carbocycles. The molecule has 1 aromatic carbocycles. The van der Waals surface area contributed by atoms with Crippen molar-refractivity contribution in [2.45, 2.75) is 26.0 Å². The fourth-order valence-corrected chi connectivity index (χ4v) is 2.19. The third kappa shape index (κ3) is 2.38. The molecule has 1 aliphatic heterocycles. The highest BCUT2D eigenvalue weighted by Crippen LogP contribution is 2.30. The predicted molar refractivity (Wildman–Crippen MR) is 66.2 cm³/mol. The Morgan fingerprint density at radius 2 is 2.17 bits per heavy atom. The van der Waals surface area contributed by atoms with Crippen molar-refractivity contribution in [1.82, 2.24) is 4.90 Å². The van der Waals surface area contributed by atoms with Crippen LogP contribution in [0, 0.1) is 23.1 Å². The standard InChI is InChI=1S/C14H17FN2O/c1-10(2)14(18)8-17(9-14)7-12-4-3-11(6-16)5-13(12)15/h3-5,10,18H,7-9H2,1-2H3. The molecular formula is C14H17FN2O. The normalized spacial score (nSPS) is 18.4. The lowest BCUT2D eigenvalue weighted by molar-refractivity contribution is -0.131. The summed E-state index contributed by atoms with van der Waals surface area (Å²) in [6.07, 6.45) is 0. The van der Waals surface area contributed by atoms with E-state index in [0.29, 0.717) is 30.8 Å². The molecule has 96 valence electrons. The molecular weight excluding hydrogens is 231 g/mol. The maximum absolute atomic E-state index is 13.7. The molecule has 1 N–H and O–H groups in total. The van der Waals surface area contributed by atoms with Gasteiger partial charge in [-0.25, -0.2) is 4.39 Å². The van der Waals surface area contributed by atoms with E-state index >= 15 is 0 Å². The maximum atomic E-state index is 13.7. The number of hydrogen-bond acceptors (Lipinski definition) is 3. The molecule has 0 amide bonds. The minimum atomic E-state index is -0.636. The minimum Gasteiger partial charge on any atom is -0.387 e. The third-order valence-corrected chi connectivity index (χ3v) is 3.65. The molecule has 1 saturated heterocycles. The van der Waals surface area contributed by atoms with Gasteiger partial charge in [0.15, 0.2) is 0 Å². The monoisotopic (exact) mass is 248 g/mol. The molecule has 1 aromatic rings. The Labute approximate surface area is 106 Å². The van der Waals surface area contributed by atoms with Crippen molar-refractivity contribution >= 4 is 0 Å². The van der Waals surface area contributed by atoms with Crippen molar-refractivity contribution in [1.29, 1.82) is 5.26 Å². The fraction of sp³-hybridized carbons (Fsp3) is 0.500. The summed E-state index contributed by atoms with van der Waals surface area (Å²) in [7, 11) is 0. The van der Waals surface area contributed by atoms with E-state index in [2.05, 4.69) is 0 Å². The largest absolute Gasteiger partial charge is 0.387 e. The summed E-state index contributed by atoms with van der Waals surface area (Å²) < 4.78 is 13.7. The third-order valence-electron chi connectivity index (χ3n) is 3.65. The second-order valence-corrected chi connectivity index (χ2v) is 5.32. The molecule has 1 fully saturated rings. The smallest absolute Gasteiger partial charge is 0.129 e. The Balaban J connectivity index is 1.99. The average molecular weight is 248 g/mol. The van der Waals surface area contributed by atoms with Gasteiger partial charge in [0.05, 0.1) is 17.2 Å². The highest BCUT2D eigenvalue weighted by Gasteiger charge is 2.43. The van der Waals surface area contributed by atoms with Crippen LogP contribution in [-0.2, 0) is 6.54 Å². The van der Waals surface area contributed by atoms with E-state index in [-0.39, 0.29) is 11.7 Å². The van der Waals surface area contributed by atoms with Gasteiger partial charge in [0.25, 0.3) is 0 Å². The van der Waals surface area contributed by atoms with Crippen LogP contribution >= 0.6 is 0 Å². The van der Waals surface area contributed by atoms with Gasteiger partial charge in [-0.05, 0) is 18.1 Å². The second kappa shape index (κ2) is 4.68. The first-order valence-corrected chi connectivity index (χ1v) is 6.08. The molecule has 0 unspecified atom stereocenters. The van der Waals surface area contributed by atoms with Crippen molar-refractivity contribution in [2.24, 2.45) is 5.92 Å². The van der Waals surface area contributed by atoms with Crippen LogP contribution in [0.5, 0.6) is 0 Å². The van der Waals surface area contributed by atoms with E-state index in [9.17, 15) is 9.50 Å². The molecule has 4 heteroatoms. The van der Waals surface area contributed by atoms with Crippen molar-refractivity contribution in [3.05, 3.63) is 35.1 Å². The molecule has 0 bridgehead atoms. The molecule has 0 atom stereocenters. The van der Waals surface area contributed by atoms with Gasteiger partial charge in [0, 0.05) is 25.2 Å². The lowest BCUT2D eigenvalue weighted by Crippen LogP contribution is -2.63. The van der Waals surface area contributed by atoms with Gasteiger partial charge in [-0.15, -0.1) is 0 Å². The molecule has 1 aliphatic rings. The minimum absolute atomic E-state index is 0.208. The Hall–Kier alpha value is -1.44. The SMILES string of the molecule is CC(C)C1(O)CN(Cc2ccc(C#N)cc2F)C1. The Morgan fingerprint density at radius 1 is 1.50 bits per heavy atom. The molecule has 3 nitrogen and oxygen atoms in total. The first-order valence-electron chi connectivity index (χ1n) is 6.08. The van der Waals surface area contributed by atoms with E-state index in [1.54, 1.807) is 12.1 Å². The molecule has 0 aromatic heterocycles. The molecule has 0 radical (unpaired) electrons. The van der Waals surface area contributed by atoms with Crippen molar-refractivity contribution < 1.29 is 9.50 Å². The molecule has 0 spiro atoms. The van der Waals surface area contributed by atoms with Gasteiger partial charge < -0.3 is 5.11 Å². The number of nitriles is 1. The number of benzene rings is 1. The molecule has 1 heterocycles. The summed E-state index contributed by atoms with van der Waals surface area (Å²) in [6.45, 7) is 5.60. The van der Waals surface area contributed by atoms with Crippen molar-refractivity contribution in [2.75, 3.05) is 13.1 Å². The zero-order valence-corrected chi connectivity index (χ0v) is 10.7. The molecule has 18 heavy (non-hydrogen) atoms. The first-order chi connectivity index (χ1) is 8.44. The van der Waals surface area contributed by atoms with E-state index in [1.807, 2.05) is 24.8 Å². The number of β-amino-alcohol motifs (C(OH)–C–C–N with tert-alkyl or cyclic N) is 1. The van der Waals surface area contributed by atoms with Crippen LogP contribution in [0.15, 0.2) is 18.2 Å². The van der Waals surface area contributed by atoms with Crippen LogP contribution in [0.25, 0.3) is 0 Å². The maximum Gasteiger partial charge on any atom is 0.129 e. The van der Waals surface area contributed by atoms with Crippen LogP contribution in [0.4, 0.5) is 4.39 Å². The zero-order valence-electron chi connectivity index (χ0n) is 10.7. The summed E-state index contributed by atoms with van der Waals surface area (Å²) >= 11 is 0. The van der Waals surface area contributed by atoms with Crippen molar-refractivity contribution in [3.63, 3.8) is 0 Å².